The molecule has 0 radical (unpaired) electrons. The van der Waals surface area contributed by atoms with Crippen LogP contribution in [-0.2, 0) is 0 Å². The second-order valence-electron chi connectivity index (χ2n) is 4.55. The number of carboxylic acid groups (broad SMARTS) is 1. The molecule has 16 heavy (non-hydrogen) atoms. The van der Waals surface area contributed by atoms with Gasteiger partial charge in [0.1, 0.15) is 5.82 Å². The maximum absolute atomic E-state index is 10.9. The van der Waals surface area contributed by atoms with Crippen LogP contribution in [0.25, 0.3) is 0 Å². The fourth-order valence-corrected chi connectivity index (χ4v) is 2.33. The number of pyridine rings is 1. The van der Waals surface area contributed by atoms with Crippen LogP contribution in [0.5, 0.6) is 0 Å². The molecule has 0 aromatic carbocycles. The van der Waals surface area contributed by atoms with E-state index in [1.165, 1.54) is 6.07 Å². The van der Waals surface area contributed by atoms with E-state index in [0.717, 1.165) is 18.8 Å². The summed E-state index contributed by atoms with van der Waals surface area (Å²) in [6, 6.07) is 3.61. The molecule has 2 unspecified atom stereocenters. The molecule has 4 nitrogen and oxygen atoms in total. The Labute approximate surface area is 94.9 Å². The molecule has 1 aromatic heterocycles. The highest BCUT2D eigenvalue weighted by Crippen LogP contribution is 2.27. The lowest BCUT2D eigenvalue weighted by Crippen LogP contribution is -2.27. The Morgan fingerprint density at radius 2 is 2.31 bits per heavy atom. The Morgan fingerprint density at radius 1 is 1.56 bits per heavy atom. The highest BCUT2D eigenvalue weighted by atomic mass is 16.4. The van der Waals surface area contributed by atoms with Crippen molar-refractivity contribution in [3.63, 3.8) is 0 Å². The number of nitrogens with zero attached hydrogens (tertiary/aromatic N) is 2. The van der Waals surface area contributed by atoms with Crippen molar-refractivity contribution >= 4 is 11.8 Å². The standard InChI is InChI=1S/C12H16N2O2/c1-8-5-9(2)14(7-8)11-6-10(12(15)16)3-4-13-11/h3-4,6,8-9H,5,7H2,1-2H3,(H,15,16). The highest BCUT2D eigenvalue weighted by Gasteiger charge is 2.27. The minimum atomic E-state index is -0.899. The molecule has 2 rings (SSSR count). The van der Waals surface area contributed by atoms with Crippen molar-refractivity contribution in [1.82, 2.24) is 4.98 Å². The quantitative estimate of drug-likeness (QED) is 0.828. The molecule has 1 saturated heterocycles. The molecule has 4 heteroatoms. The van der Waals surface area contributed by atoms with Gasteiger partial charge < -0.3 is 10.0 Å². The van der Waals surface area contributed by atoms with Gasteiger partial charge in [0.25, 0.3) is 0 Å². The van der Waals surface area contributed by atoms with Crippen LogP contribution in [0.15, 0.2) is 18.3 Å². The topological polar surface area (TPSA) is 53.4 Å². The first-order valence-electron chi connectivity index (χ1n) is 5.54. The summed E-state index contributed by atoms with van der Waals surface area (Å²) in [5.41, 5.74) is 0.303. The van der Waals surface area contributed by atoms with E-state index in [1.54, 1.807) is 12.3 Å². The van der Waals surface area contributed by atoms with Gasteiger partial charge in [-0.1, -0.05) is 6.92 Å². The van der Waals surface area contributed by atoms with Crippen LogP contribution in [0, 0.1) is 5.92 Å². The summed E-state index contributed by atoms with van der Waals surface area (Å²) in [6.07, 6.45) is 2.70. The van der Waals surface area contributed by atoms with Gasteiger partial charge in [0.05, 0.1) is 5.56 Å². The third-order valence-electron chi connectivity index (χ3n) is 3.07. The van der Waals surface area contributed by atoms with Crippen molar-refractivity contribution in [3.05, 3.63) is 23.9 Å². The van der Waals surface area contributed by atoms with Crippen LogP contribution >= 0.6 is 0 Å². The molecule has 1 aliphatic rings. The van der Waals surface area contributed by atoms with Gasteiger partial charge in [-0.15, -0.1) is 0 Å². The normalized spacial score (nSPS) is 24.8. The van der Waals surface area contributed by atoms with Gasteiger partial charge in [-0.25, -0.2) is 9.78 Å². The third-order valence-corrected chi connectivity index (χ3v) is 3.07. The summed E-state index contributed by atoms with van der Waals surface area (Å²) in [5.74, 6) is 0.519. The van der Waals surface area contributed by atoms with Crippen LogP contribution in [0.1, 0.15) is 30.6 Å². The number of hydrogen-bond acceptors (Lipinski definition) is 3. The Hall–Kier alpha value is -1.58. The molecule has 1 aliphatic heterocycles. The number of rotatable bonds is 2. The zero-order valence-electron chi connectivity index (χ0n) is 9.55. The lowest BCUT2D eigenvalue weighted by Gasteiger charge is -2.22. The number of carbonyl (C=O) groups is 1. The monoisotopic (exact) mass is 220 g/mol. The minimum absolute atomic E-state index is 0.303. The van der Waals surface area contributed by atoms with Gasteiger partial charge in [-0.2, -0.15) is 0 Å². The number of aromatic carboxylic acids is 1. The second kappa shape index (κ2) is 4.12. The molecule has 0 saturated carbocycles. The molecule has 0 aliphatic carbocycles. The molecule has 86 valence electrons. The first kappa shape index (κ1) is 10.9. The molecular formula is C12H16N2O2. The van der Waals surface area contributed by atoms with Gasteiger partial charge in [-0.05, 0) is 31.4 Å². The van der Waals surface area contributed by atoms with Crippen molar-refractivity contribution < 1.29 is 9.90 Å². The summed E-state index contributed by atoms with van der Waals surface area (Å²) >= 11 is 0. The van der Waals surface area contributed by atoms with Gasteiger partial charge in [0.2, 0.25) is 0 Å². The second-order valence-corrected chi connectivity index (χ2v) is 4.55. The Kier molecular flexibility index (Phi) is 2.81. The van der Waals surface area contributed by atoms with Crippen LogP contribution in [0.3, 0.4) is 0 Å². The molecule has 1 N–H and O–H groups in total. The van der Waals surface area contributed by atoms with Gasteiger partial charge >= 0.3 is 5.97 Å². The first-order valence-corrected chi connectivity index (χ1v) is 5.54. The van der Waals surface area contributed by atoms with Crippen molar-refractivity contribution in [2.75, 3.05) is 11.4 Å². The Morgan fingerprint density at radius 3 is 2.88 bits per heavy atom. The van der Waals surface area contributed by atoms with E-state index in [9.17, 15) is 4.79 Å². The summed E-state index contributed by atoms with van der Waals surface area (Å²) in [6.45, 7) is 5.31. The molecule has 0 spiro atoms. The zero-order valence-corrected chi connectivity index (χ0v) is 9.55. The van der Waals surface area contributed by atoms with Crippen LogP contribution in [0.4, 0.5) is 5.82 Å². The third kappa shape index (κ3) is 2.01. The zero-order chi connectivity index (χ0) is 11.7. The molecule has 1 aromatic rings. The van der Waals surface area contributed by atoms with E-state index < -0.39 is 5.97 Å². The predicted molar refractivity (Wildman–Crippen MR) is 61.8 cm³/mol. The predicted octanol–water partition coefficient (Wildman–Crippen LogP) is 2.01. The lowest BCUT2D eigenvalue weighted by molar-refractivity contribution is 0.0697. The van der Waals surface area contributed by atoms with Gasteiger partial charge in [-0.3, -0.25) is 0 Å². The van der Waals surface area contributed by atoms with Crippen LogP contribution in [0.2, 0.25) is 0 Å². The van der Waals surface area contributed by atoms with Gasteiger partial charge in [0, 0.05) is 18.8 Å². The molecule has 2 atom stereocenters. The maximum atomic E-state index is 10.9. The minimum Gasteiger partial charge on any atom is -0.478 e. The SMILES string of the molecule is CC1CC(C)N(c2cc(C(=O)O)ccn2)C1. The number of anilines is 1. The van der Waals surface area contributed by atoms with E-state index in [1.807, 2.05) is 0 Å². The van der Waals surface area contributed by atoms with E-state index in [4.69, 9.17) is 5.11 Å². The highest BCUT2D eigenvalue weighted by molar-refractivity contribution is 5.88. The van der Waals surface area contributed by atoms with Crippen molar-refractivity contribution in [2.24, 2.45) is 5.92 Å². The number of aromatic nitrogens is 1. The van der Waals surface area contributed by atoms with E-state index >= 15 is 0 Å². The van der Waals surface area contributed by atoms with Crippen molar-refractivity contribution in [1.29, 1.82) is 0 Å². The summed E-state index contributed by atoms with van der Waals surface area (Å²) in [7, 11) is 0. The molecular weight excluding hydrogens is 204 g/mol. The van der Waals surface area contributed by atoms with Crippen molar-refractivity contribution in [2.45, 2.75) is 26.3 Å². The number of carboxylic acids is 1. The molecule has 0 bridgehead atoms. The van der Waals surface area contributed by atoms with E-state index in [-0.39, 0.29) is 0 Å². The lowest BCUT2D eigenvalue weighted by atomic mass is 10.1. The number of hydrogen-bond donors (Lipinski definition) is 1. The van der Waals surface area contributed by atoms with Gasteiger partial charge in [0.15, 0.2) is 0 Å². The molecule has 0 amide bonds. The molecule has 2 heterocycles. The van der Waals surface area contributed by atoms with E-state index in [2.05, 4.69) is 23.7 Å². The smallest absolute Gasteiger partial charge is 0.335 e. The van der Waals surface area contributed by atoms with Crippen LogP contribution in [-0.4, -0.2) is 28.6 Å². The average Bonchev–Trinajstić information content (AvgIpc) is 2.58. The average molecular weight is 220 g/mol. The van der Waals surface area contributed by atoms with Crippen LogP contribution < -0.4 is 4.90 Å². The molecule has 1 fully saturated rings. The van der Waals surface area contributed by atoms with Crippen molar-refractivity contribution in [3.8, 4) is 0 Å². The van der Waals surface area contributed by atoms with E-state index in [0.29, 0.717) is 17.5 Å². The summed E-state index contributed by atoms with van der Waals surface area (Å²) in [5, 5.41) is 8.92. The summed E-state index contributed by atoms with van der Waals surface area (Å²) < 4.78 is 0. The Bertz CT molecular complexity index is 406. The first-order chi connectivity index (χ1) is 7.58. The fourth-order valence-electron chi connectivity index (χ4n) is 2.33. The Balaban J connectivity index is 2.27. The largest absolute Gasteiger partial charge is 0.478 e. The maximum Gasteiger partial charge on any atom is 0.335 e. The fraction of sp³-hybridized carbons (Fsp3) is 0.500. The summed E-state index contributed by atoms with van der Waals surface area (Å²) in [4.78, 5) is 17.3.